The molecule has 3 heteroatoms. The summed E-state index contributed by atoms with van der Waals surface area (Å²) in [6.07, 6.45) is 0. The highest BCUT2D eigenvalue weighted by Gasteiger charge is 1.89. The topological polar surface area (TPSA) is 52.0 Å². The molecule has 2 nitrogen and oxygen atoms in total. The molecule has 1 rings (SSSR count). The van der Waals surface area contributed by atoms with Gasteiger partial charge in [-0.2, -0.15) is 0 Å². The first-order valence-corrected chi connectivity index (χ1v) is 3.34. The molecule has 0 heterocycles. The Morgan fingerprint density at radius 2 is 1.45 bits per heavy atom. The lowest BCUT2D eigenvalue weighted by Gasteiger charge is -1.98. The van der Waals surface area contributed by atoms with Crippen LogP contribution in [0, 0.1) is 0 Å². The zero-order valence-corrected chi connectivity index (χ0v) is 7.10. The average Bonchev–Trinajstić information content (AvgIpc) is 2.05. The molecule has 0 saturated heterocycles. The van der Waals surface area contributed by atoms with E-state index in [-0.39, 0.29) is 12.4 Å². The number of benzene rings is 1. The molecule has 0 spiro atoms. The molecule has 0 aliphatic carbocycles. The van der Waals surface area contributed by atoms with E-state index in [1.165, 1.54) is 0 Å². The van der Waals surface area contributed by atoms with Crippen LogP contribution >= 0.6 is 12.4 Å². The maximum absolute atomic E-state index is 5.43. The van der Waals surface area contributed by atoms with Gasteiger partial charge < -0.3 is 11.5 Å². The van der Waals surface area contributed by atoms with E-state index >= 15 is 0 Å². The molecule has 0 radical (unpaired) electrons. The molecule has 0 unspecified atom stereocenters. The van der Waals surface area contributed by atoms with Crippen molar-refractivity contribution >= 4 is 12.4 Å². The van der Waals surface area contributed by atoms with E-state index in [0.717, 1.165) is 11.1 Å². The largest absolute Gasteiger partial charge is 0.326 e. The van der Waals surface area contributed by atoms with Gasteiger partial charge in [0.05, 0.1) is 0 Å². The fraction of sp³-hybridized carbons (Fsp3) is 0.250. The lowest BCUT2D eigenvalue weighted by atomic mass is 10.1. The highest BCUT2D eigenvalue weighted by atomic mass is 35.5. The van der Waals surface area contributed by atoms with Crippen molar-refractivity contribution < 1.29 is 0 Å². The molecular formula is C8H13ClN2. The zero-order valence-electron chi connectivity index (χ0n) is 6.29. The first kappa shape index (κ1) is 10.4. The lowest BCUT2D eigenvalue weighted by molar-refractivity contribution is 1.03. The van der Waals surface area contributed by atoms with E-state index in [9.17, 15) is 0 Å². The third kappa shape index (κ3) is 2.89. The Morgan fingerprint density at radius 3 is 1.82 bits per heavy atom. The molecule has 0 fully saturated rings. The lowest BCUT2D eigenvalue weighted by Crippen LogP contribution is -2.00. The van der Waals surface area contributed by atoms with Crippen molar-refractivity contribution in [1.29, 1.82) is 0 Å². The third-order valence-corrected chi connectivity index (χ3v) is 1.46. The van der Waals surface area contributed by atoms with Crippen molar-refractivity contribution in [2.45, 2.75) is 13.1 Å². The van der Waals surface area contributed by atoms with Crippen molar-refractivity contribution in [2.24, 2.45) is 11.5 Å². The highest BCUT2D eigenvalue weighted by molar-refractivity contribution is 5.85. The van der Waals surface area contributed by atoms with Crippen molar-refractivity contribution in [3.63, 3.8) is 0 Å². The quantitative estimate of drug-likeness (QED) is 0.700. The van der Waals surface area contributed by atoms with Crippen molar-refractivity contribution in [3.8, 4) is 0 Å². The predicted octanol–water partition coefficient (Wildman–Crippen LogP) is 1.03. The Balaban J connectivity index is 0.000001000. The smallest absolute Gasteiger partial charge is 0.0178 e. The summed E-state index contributed by atoms with van der Waals surface area (Å²) in [4.78, 5) is 0. The Morgan fingerprint density at radius 1 is 1.00 bits per heavy atom. The van der Waals surface area contributed by atoms with Gasteiger partial charge in [-0.25, -0.2) is 0 Å². The van der Waals surface area contributed by atoms with E-state index in [2.05, 4.69) is 0 Å². The van der Waals surface area contributed by atoms with E-state index in [1.54, 1.807) is 0 Å². The molecular weight excluding hydrogens is 160 g/mol. The molecule has 0 aliphatic rings. The fourth-order valence-corrected chi connectivity index (χ4v) is 0.884. The number of hydrogen-bond acceptors (Lipinski definition) is 2. The summed E-state index contributed by atoms with van der Waals surface area (Å²) in [6.45, 7) is 1.18. The highest BCUT2D eigenvalue weighted by Crippen LogP contribution is 2.02. The summed E-state index contributed by atoms with van der Waals surface area (Å²) in [5, 5.41) is 0. The molecule has 0 saturated carbocycles. The van der Waals surface area contributed by atoms with Gasteiger partial charge in [0.15, 0.2) is 0 Å². The van der Waals surface area contributed by atoms with Crippen LogP contribution in [-0.4, -0.2) is 0 Å². The van der Waals surface area contributed by atoms with Gasteiger partial charge in [0.1, 0.15) is 0 Å². The van der Waals surface area contributed by atoms with Crippen molar-refractivity contribution in [2.75, 3.05) is 0 Å². The molecule has 0 aromatic heterocycles. The molecule has 4 N–H and O–H groups in total. The molecule has 0 aliphatic heterocycles. The zero-order chi connectivity index (χ0) is 7.40. The summed E-state index contributed by atoms with van der Waals surface area (Å²) in [6, 6.07) is 8.00. The Kier molecular flexibility index (Phi) is 4.86. The molecule has 0 bridgehead atoms. The summed E-state index contributed by atoms with van der Waals surface area (Å²) in [7, 11) is 0. The van der Waals surface area contributed by atoms with Gasteiger partial charge in [-0.05, 0) is 11.1 Å². The first-order chi connectivity index (χ1) is 4.86. The molecule has 11 heavy (non-hydrogen) atoms. The maximum Gasteiger partial charge on any atom is 0.0178 e. The maximum atomic E-state index is 5.43. The van der Waals surface area contributed by atoms with Crippen LogP contribution in [0.5, 0.6) is 0 Å². The number of hydrogen-bond donors (Lipinski definition) is 2. The van der Waals surface area contributed by atoms with Gasteiger partial charge in [0, 0.05) is 13.1 Å². The van der Waals surface area contributed by atoms with Crippen molar-refractivity contribution in [3.05, 3.63) is 35.4 Å². The summed E-state index contributed by atoms with van der Waals surface area (Å²) < 4.78 is 0. The molecule has 0 amide bonds. The van der Waals surface area contributed by atoms with Crippen LogP contribution in [-0.2, 0) is 13.1 Å². The fourth-order valence-electron chi connectivity index (χ4n) is 0.884. The van der Waals surface area contributed by atoms with Gasteiger partial charge in [0.2, 0.25) is 0 Å². The van der Waals surface area contributed by atoms with Crippen LogP contribution < -0.4 is 11.5 Å². The van der Waals surface area contributed by atoms with Crippen LogP contribution in [0.1, 0.15) is 11.1 Å². The summed E-state index contributed by atoms with van der Waals surface area (Å²) >= 11 is 0. The second-order valence-corrected chi connectivity index (χ2v) is 2.23. The Hall–Kier alpha value is -0.570. The Bertz CT molecular complexity index is 194. The van der Waals surface area contributed by atoms with E-state index in [4.69, 9.17) is 11.5 Å². The first-order valence-electron chi connectivity index (χ1n) is 3.34. The number of nitrogens with two attached hydrogens (primary N) is 2. The molecule has 1 aromatic carbocycles. The SMILES string of the molecule is Cl.NCc1cccc(CN)c1. The number of halogens is 1. The van der Waals surface area contributed by atoms with Crippen LogP contribution in [0.25, 0.3) is 0 Å². The monoisotopic (exact) mass is 172 g/mol. The van der Waals surface area contributed by atoms with Gasteiger partial charge >= 0.3 is 0 Å². The standard InChI is InChI=1S/C8H12N2.ClH/c9-5-7-2-1-3-8(4-7)6-10;/h1-4H,5-6,9-10H2;1H. The van der Waals surface area contributed by atoms with Crippen molar-refractivity contribution in [1.82, 2.24) is 0 Å². The van der Waals surface area contributed by atoms with Crippen LogP contribution in [0.15, 0.2) is 24.3 Å². The van der Waals surface area contributed by atoms with Gasteiger partial charge in [-0.1, -0.05) is 24.3 Å². The summed E-state index contributed by atoms with van der Waals surface area (Å²) in [5.74, 6) is 0. The minimum Gasteiger partial charge on any atom is -0.326 e. The second kappa shape index (κ2) is 5.13. The summed E-state index contributed by atoms with van der Waals surface area (Å²) in [5.41, 5.74) is 13.1. The Labute approximate surface area is 73.0 Å². The van der Waals surface area contributed by atoms with Gasteiger partial charge in [-0.3, -0.25) is 0 Å². The minimum atomic E-state index is 0. The third-order valence-electron chi connectivity index (χ3n) is 1.46. The van der Waals surface area contributed by atoms with Crippen LogP contribution in [0.3, 0.4) is 0 Å². The van der Waals surface area contributed by atoms with E-state index < -0.39 is 0 Å². The van der Waals surface area contributed by atoms with Crippen LogP contribution in [0.4, 0.5) is 0 Å². The minimum absolute atomic E-state index is 0. The molecule has 0 atom stereocenters. The predicted molar refractivity (Wildman–Crippen MR) is 49.5 cm³/mol. The van der Waals surface area contributed by atoms with Gasteiger partial charge in [-0.15, -0.1) is 12.4 Å². The number of rotatable bonds is 2. The van der Waals surface area contributed by atoms with Gasteiger partial charge in [0.25, 0.3) is 0 Å². The van der Waals surface area contributed by atoms with E-state index in [1.807, 2.05) is 24.3 Å². The van der Waals surface area contributed by atoms with E-state index in [0.29, 0.717) is 13.1 Å². The normalized spacial score (nSPS) is 8.91. The second-order valence-electron chi connectivity index (χ2n) is 2.23. The molecule has 62 valence electrons. The average molecular weight is 173 g/mol. The molecule has 1 aromatic rings. The van der Waals surface area contributed by atoms with Crippen LogP contribution in [0.2, 0.25) is 0 Å².